The number of fused-ring (bicyclic) bond motifs is 7. The average Bonchev–Trinajstić information content (AvgIpc) is 3.76. The lowest BCUT2D eigenvalue weighted by Crippen LogP contribution is -2.71. The van der Waals surface area contributed by atoms with E-state index in [0.29, 0.717) is 0 Å². The maximum Gasteiger partial charge on any atom is 0.315 e. The highest BCUT2D eigenvalue weighted by atomic mass is 16.5. The van der Waals surface area contributed by atoms with Gasteiger partial charge in [0.2, 0.25) is 0 Å². The van der Waals surface area contributed by atoms with Crippen molar-refractivity contribution in [3.63, 3.8) is 0 Å². The molecule has 0 amide bonds. The number of imidazole rings is 2. The van der Waals surface area contributed by atoms with Gasteiger partial charge in [0.25, 0.3) is 11.3 Å². The number of pyridine rings is 3. The fourth-order valence-electron chi connectivity index (χ4n) is 8.33. The van der Waals surface area contributed by atoms with Gasteiger partial charge in [-0.15, -0.1) is 0 Å². The molecule has 0 aliphatic carbocycles. The molecule has 8 heterocycles. The van der Waals surface area contributed by atoms with Crippen molar-refractivity contribution in [1.82, 2.24) is 13.8 Å². The zero-order valence-corrected chi connectivity index (χ0v) is 21.0. The predicted octanol–water partition coefficient (Wildman–Crippen LogP) is 5.96. The van der Waals surface area contributed by atoms with Gasteiger partial charge in [-0.25, -0.2) is 4.98 Å². The van der Waals surface area contributed by atoms with Crippen molar-refractivity contribution in [3.8, 4) is 11.5 Å². The van der Waals surface area contributed by atoms with Crippen molar-refractivity contribution in [1.29, 1.82) is 0 Å². The summed E-state index contributed by atoms with van der Waals surface area (Å²) in [5.74, 6) is 1.84. The number of ether oxygens (including phenoxy) is 1. The summed E-state index contributed by atoms with van der Waals surface area (Å²) < 4.78 is 16.4. The first-order chi connectivity index (χ1) is 19.8. The molecule has 1 atom stereocenters. The van der Waals surface area contributed by atoms with Crippen LogP contribution >= 0.6 is 0 Å². The lowest BCUT2D eigenvalue weighted by molar-refractivity contribution is -0.944. The molecule has 0 N–H and O–H groups in total. The van der Waals surface area contributed by atoms with Crippen LogP contribution in [0, 0.1) is 0 Å². The number of rotatable bonds is 0. The second kappa shape index (κ2) is 5.60. The van der Waals surface area contributed by atoms with Crippen molar-refractivity contribution in [3.05, 3.63) is 115 Å². The van der Waals surface area contributed by atoms with E-state index < -0.39 is 5.66 Å². The maximum atomic E-state index is 6.77. The summed E-state index contributed by atoms with van der Waals surface area (Å²) >= 11 is 0. The Morgan fingerprint density at radius 2 is 1.32 bits per heavy atom. The minimum atomic E-state index is -0.579. The summed E-state index contributed by atoms with van der Waals surface area (Å²) in [7, 11) is 0. The zero-order valence-electron chi connectivity index (χ0n) is 21.0. The number of benzene rings is 4. The number of hydrogen-bond donors (Lipinski definition) is 0. The van der Waals surface area contributed by atoms with Crippen LogP contribution in [0.5, 0.6) is 11.5 Å². The Morgan fingerprint density at radius 3 is 2.15 bits per heavy atom. The van der Waals surface area contributed by atoms with E-state index in [0.717, 1.165) is 38.8 Å². The molecule has 5 aromatic heterocycles. The lowest BCUT2D eigenvalue weighted by Gasteiger charge is -2.30. The third kappa shape index (κ3) is 1.63. The van der Waals surface area contributed by atoms with Gasteiger partial charge in [-0.05, 0) is 42.5 Å². The second-order valence-electron chi connectivity index (χ2n) is 11.3. The van der Waals surface area contributed by atoms with Gasteiger partial charge in [0.1, 0.15) is 58.4 Å². The van der Waals surface area contributed by atoms with Crippen LogP contribution in [-0.4, -0.2) is 13.8 Å². The van der Waals surface area contributed by atoms with Crippen LogP contribution in [-0.2, 0) is 5.66 Å². The number of nitrogens with zero attached hydrogens (tertiary/aromatic N) is 5. The normalized spacial score (nSPS) is 17.8. The summed E-state index contributed by atoms with van der Waals surface area (Å²) in [6.07, 6.45) is 8.94. The van der Waals surface area contributed by atoms with Crippen molar-refractivity contribution in [2.24, 2.45) is 0 Å². The Bertz CT molecular complexity index is 2750. The van der Waals surface area contributed by atoms with Crippen molar-refractivity contribution in [2.75, 3.05) is 0 Å². The highest BCUT2D eigenvalue weighted by molar-refractivity contribution is 6.17. The minimum absolute atomic E-state index is 0.579. The molecule has 4 aromatic carbocycles. The van der Waals surface area contributed by atoms with E-state index in [1.807, 2.05) is 0 Å². The van der Waals surface area contributed by atoms with Gasteiger partial charge in [-0.1, -0.05) is 36.4 Å². The monoisotopic (exact) mass is 511 g/mol. The molecule has 1 unspecified atom stereocenters. The highest BCUT2D eigenvalue weighted by Gasteiger charge is 2.65. The van der Waals surface area contributed by atoms with Gasteiger partial charge in [-0.2, -0.15) is 17.9 Å². The lowest BCUT2D eigenvalue weighted by atomic mass is 9.85. The first-order valence-electron chi connectivity index (χ1n) is 13.6. The van der Waals surface area contributed by atoms with E-state index in [4.69, 9.17) is 9.72 Å². The first kappa shape index (κ1) is 18.7. The Labute approximate surface area is 225 Å². The molecule has 3 aliphatic heterocycles. The minimum Gasteiger partial charge on any atom is -0.456 e. The molecule has 0 saturated heterocycles. The molecular weight excluding hydrogens is 494 g/mol. The molecule has 40 heavy (non-hydrogen) atoms. The van der Waals surface area contributed by atoms with Gasteiger partial charge < -0.3 is 4.74 Å². The Hall–Kier alpha value is -5.49. The molecule has 0 saturated carbocycles. The molecule has 3 aliphatic rings. The Balaban J connectivity index is 1.38. The molecule has 9 aromatic rings. The van der Waals surface area contributed by atoms with Gasteiger partial charge in [0.05, 0.1) is 16.3 Å². The summed E-state index contributed by atoms with van der Waals surface area (Å²) in [6.45, 7) is 0. The molecule has 12 rings (SSSR count). The SMILES string of the molecule is c1ccc2nc3c4ccc5c6c4c4n(cc[n+]4C64c6c(ccc7c8ccccc8n8cc[n+]4c8c67)O5)c3cc2c1. The van der Waals surface area contributed by atoms with Crippen LogP contribution in [0.15, 0.2) is 104 Å². The average molecular weight is 512 g/mol. The van der Waals surface area contributed by atoms with E-state index >= 15 is 0 Å². The third-order valence-corrected chi connectivity index (χ3v) is 9.71. The fourth-order valence-corrected chi connectivity index (χ4v) is 8.33. The molecule has 0 fully saturated rings. The summed E-state index contributed by atoms with van der Waals surface area (Å²) in [6, 6.07) is 28.1. The topological polar surface area (TPSA) is 38.7 Å². The van der Waals surface area contributed by atoms with E-state index in [1.54, 1.807) is 0 Å². The quantitative estimate of drug-likeness (QED) is 0.143. The molecule has 0 bridgehead atoms. The zero-order chi connectivity index (χ0) is 25.5. The van der Waals surface area contributed by atoms with Crippen LogP contribution < -0.4 is 13.9 Å². The number of aromatic nitrogens is 5. The smallest absolute Gasteiger partial charge is 0.315 e. The van der Waals surface area contributed by atoms with Crippen molar-refractivity contribution < 1.29 is 13.9 Å². The summed E-state index contributed by atoms with van der Waals surface area (Å²) in [5, 5.41) is 7.29. The third-order valence-electron chi connectivity index (χ3n) is 9.71. The van der Waals surface area contributed by atoms with E-state index in [9.17, 15) is 0 Å². The number of hydrogen-bond acceptors (Lipinski definition) is 2. The van der Waals surface area contributed by atoms with Crippen molar-refractivity contribution in [2.45, 2.75) is 5.66 Å². The largest absolute Gasteiger partial charge is 0.456 e. The van der Waals surface area contributed by atoms with Gasteiger partial charge in [0.15, 0.2) is 5.52 Å². The van der Waals surface area contributed by atoms with Crippen molar-refractivity contribution >= 4 is 65.7 Å². The standard InChI is InChI=1S/C34H17N5O/c1-3-7-22-18(5-1)17-24-31(35-22)21-10-12-26-30-28(21)33-37(24)14-16-39(33)34(30)29-25(40-26)11-9-20-19-6-2-4-8-23(19)36-13-15-38(34)32(36)27(20)29/h1-17H/q+2. The van der Waals surface area contributed by atoms with Gasteiger partial charge in [0, 0.05) is 21.5 Å². The maximum absolute atomic E-state index is 6.77. The Kier molecular flexibility index (Phi) is 2.62. The second-order valence-corrected chi connectivity index (χ2v) is 11.3. The molecular formula is C34H17N5O+2. The van der Waals surface area contributed by atoms with Crippen LogP contribution in [0.25, 0.3) is 65.7 Å². The van der Waals surface area contributed by atoms with Crippen LogP contribution in [0.3, 0.4) is 0 Å². The highest BCUT2D eigenvalue weighted by Crippen LogP contribution is 2.57. The molecule has 1 spiro atoms. The fraction of sp³-hybridized carbons (Fsp3) is 0.0294. The van der Waals surface area contributed by atoms with Crippen LogP contribution in [0.1, 0.15) is 11.1 Å². The van der Waals surface area contributed by atoms with E-state index in [-0.39, 0.29) is 0 Å². The van der Waals surface area contributed by atoms with E-state index in [1.165, 1.54) is 49.5 Å². The predicted molar refractivity (Wildman–Crippen MR) is 152 cm³/mol. The van der Waals surface area contributed by atoms with Gasteiger partial charge >= 0.3 is 5.66 Å². The number of para-hydroxylation sites is 2. The summed E-state index contributed by atoms with van der Waals surface area (Å²) in [5.41, 5.74) is 8.57. The first-order valence-corrected chi connectivity index (χ1v) is 13.6. The van der Waals surface area contributed by atoms with Crippen LogP contribution in [0.4, 0.5) is 0 Å². The van der Waals surface area contributed by atoms with Crippen LogP contribution in [0.2, 0.25) is 0 Å². The molecule has 6 nitrogen and oxygen atoms in total. The summed E-state index contributed by atoms with van der Waals surface area (Å²) in [4.78, 5) is 5.22. The Morgan fingerprint density at radius 1 is 0.650 bits per heavy atom. The van der Waals surface area contributed by atoms with E-state index in [2.05, 4.69) is 122 Å². The molecule has 6 heteroatoms. The molecule has 0 radical (unpaired) electrons. The molecule has 182 valence electrons. The van der Waals surface area contributed by atoms with Gasteiger partial charge in [-0.3, -0.25) is 0 Å².